The number of alkyl halides is 12. The van der Waals surface area contributed by atoms with Gasteiger partial charge in [0.2, 0.25) is 0 Å². The van der Waals surface area contributed by atoms with Crippen molar-refractivity contribution < 1.29 is 84.5 Å². The van der Waals surface area contributed by atoms with Gasteiger partial charge >= 0.3 is 54.9 Å². The fourth-order valence-corrected chi connectivity index (χ4v) is 3.27. The first kappa shape index (κ1) is 30.4. The summed E-state index contributed by atoms with van der Waals surface area (Å²) in [6.45, 7) is 0. The van der Waals surface area contributed by atoms with Gasteiger partial charge in [0.05, 0.1) is 4.90 Å². The third kappa shape index (κ3) is 4.74. The Hall–Kier alpha value is -1.63. The molecule has 34 heavy (non-hydrogen) atoms. The summed E-state index contributed by atoms with van der Waals surface area (Å²) in [7, 11) is -5.06. The third-order valence-electron chi connectivity index (χ3n) is 4.58. The largest absolute Gasteiger partial charge is 1.00 e. The van der Waals surface area contributed by atoms with Crippen LogP contribution in [0.1, 0.15) is 5.56 Å². The Morgan fingerprint density at radius 3 is 1.79 bits per heavy atom. The van der Waals surface area contributed by atoms with Gasteiger partial charge < -0.3 is 4.55 Å². The quantitative estimate of drug-likeness (QED) is 0.301. The van der Waals surface area contributed by atoms with Crippen LogP contribution in [0, 0.1) is 0 Å². The molecule has 0 amide bonds. The van der Waals surface area contributed by atoms with Crippen molar-refractivity contribution in [2.45, 2.75) is 47.4 Å². The molecule has 2 aromatic carbocycles. The first-order valence-corrected chi connectivity index (χ1v) is 9.67. The molecule has 2 aromatic rings. The zero-order valence-corrected chi connectivity index (χ0v) is 17.2. The van der Waals surface area contributed by atoms with Gasteiger partial charge in [-0.1, -0.05) is 24.3 Å². The zero-order valence-electron chi connectivity index (χ0n) is 16.4. The van der Waals surface area contributed by atoms with Crippen molar-refractivity contribution in [2.24, 2.45) is 0 Å². The van der Waals surface area contributed by atoms with E-state index in [1.165, 1.54) is 0 Å². The predicted molar refractivity (Wildman–Crippen MR) is 86.4 cm³/mol. The first-order chi connectivity index (χ1) is 14.6. The SMILES string of the molecule is O=S(=O)([O-])c1ccc2c(CC(F)(F)C(F)(F)C(F)(F)C(F)(F)C(F)(F)C(F)F)cccc2c1.[Li+]. The standard InChI is InChI=1S/C17H10F12O3S.Li/c18-12(19)14(22,23)16(26,27)17(28,29)15(24,25)13(20,21)7-9-3-1-2-8-6-10(33(30,31)32)4-5-11(8)9;/h1-6,12H,7H2,(H,30,31,32);/q;+1/p-1. The van der Waals surface area contributed by atoms with Gasteiger partial charge in [-0.3, -0.25) is 0 Å². The van der Waals surface area contributed by atoms with E-state index in [4.69, 9.17) is 0 Å². The average Bonchev–Trinajstić information content (AvgIpc) is 2.66. The van der Waals surface area contributed by atoms with Crippen LogP contribution < -0.4 is 18.9 Å². The van der Waals surface area contributed by atoms with Gasteiger partial charge in [0.25, 0.3) is 0 Å². The molecular weight excluding hydrogens is 519 g/mol. The fraction of sp³-hybridized carbons (Fsp3) is 0.412. The Morgan fingerprint density at radius 1 is 0.794 bits per heavy atom. The Morgan fingerprint density at radius 2 is 1.32 bits per heavy atom. The monoisotopic (exact) mass is 528 g/mol. The second-order valence-corrected chi connectivity index (χ2v) is 8.16. The maximum atomic E-state index is 14.2. The minimum absolute atomic E-state index is 0. The van der Waals surface area contributed by atoms with E-state index in [0.29, 0.717) is 24.3 Å². The maximum absolute atomic E-state index is 14.2. The van der Waals surface area contributed by atoms with Crippen LogP contribution in [-0.4, -0.2) is 49.0 Å². The van der Waals surface area contributed by atoms with Crippen LogP contribution in [0.15, 0.2) is 41.3 Å². The van der Waals surface area contributed by atoms with Crippen molar-refractivity contribution >= 4 is 20.9 Å². The van der Waals surface area contributed by atoms with Crippen molar-refractivity contribution in [1.29, 1.82) is 0 Å². The number of halogens is 12. The van der Waals surface area contributed by atoms with Gasteiger partial charge in [0.1, 0.15) is 10.1 Å². The van der Waals surface area contributed by atoms with Crippen LogP contribution in [-0.2, 0) is 16.5 Å². The van der Waals surface area contributed by atoms with Crippen molar-refractivity contribution in [3.63, 3.8) is 0 Å². The van der Waals surface area contributed by atoms with Gasteiger partial charge in [-0.05, 0) is 28.5 Å². The van der Waals surface area contributed by atoms with Crippen LogP contribution in [0.5, 0.6) is 0 Å². The molecule has 0 spiro atoms. The molecule has 0 atom stereocenters. The molecule has 0 N–H and O–H groups in total. The van der Waals surface area contributed by atoms with E-state index in [0.717, 1.165) is 12.1 Å². The number of benzene rings is 2. The maximum Gasteiger partial charge on any atom is 1.00 e. The summed E-state index contributed by atoms with van der Waals surface area (Å²) in [5.74, 6) is -35.8. The van der Waals surface area contributed by atoms with E-state index >= 15 is 0 Å². The predicted octanol–water partition coefficient (Wildman–Crippen LogP) is 2.73. The molecule has 17 heteroatoms. The van der Waals surface area contributed by atoms with Crippen molar-refractivity contribution in [2.75, 3.05) is 0 Å². The van der Waals surface area contributed by atoms with Gasteiger partial charge in [-0.25, -0.2) is 17.2 Å². The molecule has 0 heterocycles. The molecule has 186 valence electrons. The van der Waals surface area contributed by atoms with Crippen LogP contribution in [0.3, 0.4) is 0 Å². The summed E-state index contributed by atoms with van der Waals surface area (Å²) in [6.07, 6.45) is -8.07. The third-order valence-corrected chi connectivity index (χ3v) is 5.42. The molecule has 0 aromatic heterocycles. The molecule has 0 radical (unpaired) electrons. The van der Waals surface area contributed by atoms with Crippen LogP contribution >= 0.6 is 0 Å². The van der Waals surface area contributed by atoms with Crippen molar-refractivity contribution in [1.82, 2.24) is 0 Å². The van der Waals surface area contributed by atoms with E-state index in [-0.39, 0.29) is 24.2 Å². The first-order valence-electron chi connectivity index (χ1n) is 8.26. The van der Waals surface area contributed by atoms with E-state index in [2.05, 4.69) is 0 Å². The molecule has 0 aliphatic rings. The van der Waals surface area contributed by atoms with Crippen LogP contribution in [0.25, 0.3) is 10.8 Å². The second kappa shape index (κ2) is 9.10. The summed E-state index contributed by atoms with van der Waals surface area (Å²) >= 11 is 0. The Bertz CT molecular complexity index is 1150. The van der Waals surface area contributed by atoms with Crippen molar-refractivity contribution in [3.8, 4) is 0 Å². The van der Waals surface area contributed by atoms with E-state index in [1.807, 2.05) is 0 Å². The summed E-state index contributed by atoms with van der Waals surface area (Å²) in [5.41, 5.74) is -0.966. The summed E-state index contributed by atoms with van der Waals surface area (Å²) in [6, 6.07) is 4.25. The van der Waals surface area contributed by atoms with Crippen LogP contribution in [0.4, 0.5) is 52.7 Å². The van der Waals surface area contributed by atoms with Crippen molar-refractivity contribution in [3.05, 3.63) is 42.0 Å². The fourth-order valence-electron chi connectivity index (χ4n) is 2.76. The average molecular weight is 528 g/mol. The molecule has 0 saturated heterocycles. The molecule has 3 nitrogen and oxygen atoms in total. The molecule has 0 bridgehead atoms. The van der Waals surface area contributed by atoms with Gasteiger partial charge in [-0.2, -0.15) is 43.9 Å². The minimum Gasteiger partial charge on any atom is -0.744 e. The minimum atomic E-state index is -7.64. The Balaban J connectivity index is 0.00000578. The smallest absolute Gasteiger partial charge is 0.744 e. The summed E-state index contributed by atoms with van der Waals surface area (Å²) in [4.78, 5) is -0.885. The van der Waals surface area contributed by atoms with E-state index in [1.54, 1.807) is 0 Å². The van der Waals surface area contributed by atoms with Gasteiger partial charge in [0.15, 0.2) is 0 Å². The number of fused-ring (bicyclic) bond motifs is 1. The summed E-state index contributed by atoms with van der Waals surface area (Å²) < 4.78 is 193. The molecule has 0 fully saturated rings. The van der Waals surface area contributed by atoms with E-state index in [9.17, 15) is 65.7 Å². The van der Waals surface area contributed by atoms with Gasteiger partial charge in [0, 0.05) is 6.42 Å². The number of rotatable bonds is 8. The molecule has 0 unspecified atom stereocenters. The van der Waals surface area contributed by atoms with Gasteiger partial charge in [-0.15, -0.1) is 0 Å². The normalized spacial score (nSPS) is 14.4. The number of hydrogen-bond acceptors (Lipinski definition) is 3. The number of hydrogen-bond donors (Lipinski definition) is 0. The zero-order chi connectivity index (χ0) is 25.8. The Labute approximate surface area is 195 Å². The Kier molecular flexibility index (Phi) is 8.14. The molecule has 2 rings (SSSR count). The van der Waals surface area contributed by atoms with Crippen LogP contribution in [0.2, 0.25) is 0 Å². The van der Waals surface area contributed by atoms with E-state index < -0.39 is 68.4 Å². The molecular formula is C17H9F12LiO3S. The topological polar surface area (TPSA) is 57.2 Å². The summed E-state index contributed by atoms with van der Waals surface area (Å²) in [5, 5.41) is -0.849. The molecule has 0 aliphatic carbocycles. The molecule has 0 saturated carbocycles. The molecule has 0 aliphatic heterocycles. The second-order valence-electron chi connectivity index (χ2n) is 6.78.